The van der Waals surface area contributed by atoms with Crippen molar-refractivity contribution >= 4 is 0 Å². The lowest BCUT2D eigenvalue weighted by Crippen LogP contribution is -2.08. The summed E-state index contributed by atoms with van der Waals surface area (Å²) in [7, 11) is 1.73. The second-order valence-electron chi connectivity index (χ2n) is 6.24. The molecule has 0 spiro atoms. The number of nitrogens with zero attached hydrogens (tertiary/aromatic N) is 2. The van der Waals surface area contributed by atoms with Crippen LogP contribution in [0.2, 0.25) is 0 Å². The van der Waals surface area contributed by atoms with Gasteiger partial charge in [-0.05, 0) is 26.2 Å². The highest BCUT2D eigenvalue weighted by Crippen LogP contribution is 2.09. The van der Waals surface area contributed by atoms with E-state index in [2.05, 4.69) is 10.3 Å². The van der Waals surface area contributed by atoms with Crippen LogP contribution in [0.15, 0.2) is 21.2 Å². The maximum absolute atomic E-state index is 5.57. The maximum Gasteiger partial charge on any atom is 0.139 e. The van der Waals surface area contributed by atoms with Crippen molar-refractivity contribution in [3.8, 4) is 0 Å². The van der Waals surface area contributed by atoms with Crippen LogP contribution in [0.25, 0.3) is 0 Å². The third-order valence-corrected chi connectivity index (χ3v) is 3.93. The standard InChI is InChI=1S/C19H30N2O5/c1-16-14-18(20-25-16)7-10-23-12-13-24-11-8-19-15-17(21-26-19)6-4-3-5-9-22-2/h14-15H,3-13H2,1-2H3. The zero-order chi connectivity index (χ0) is 18.5. The lowest BCUT2D eigenvalue weighted by atomic mass is 10.1. The summed E-state index contributed by atoms with van der Waals surface area (Å²) < 4.78 is 26.5. The number of unbranched alkanes of at least 4 members (excludes halogenated alkanes) is 2. The van der Waals surface area contributed by atoms with Crippen molar-refractivity contribution in [3.05, 3.63) is 35.0 Å². The van der Waals surface area contributed by atoms with E-state index in [0.717, 1.165) is 68.0 Å². The van der Waals surface area contributed by atoms with Gasteiger partial charge in [-0.2, -0.15) is 0 Å². The monoisotopic (exact) mass is 366 g/mol. The van der Waals surface area contributed by atoms with Gasteiger partial charge >= 0.3 is 0 Å². The first-order valence-electron chi connectivity index (χ1n) is 9.29. The van der Waals surface area contributed by atoms with Crippen LogP contribution in [0.3, 0.4) is 0 Å². The fraction of sp³-hybridized carbons (Fsp3) is 0.684. The van der Waals surface area contributed by atoms with Crippen molar-refractivity contribution in [1.82, 2.24) is 10.3 Å². The van der Waals surface area contributed by atoms with E-state index in [1.807, 2.05) is 19.1 Å². The van der Waals surface area contributed by atoms with Gasteiger partial charge in [0.2, 0.25) is 0 Å². The third-order valence-electron chi connectivity index (χ3n) is 3.93. The summed E-state index contributed by atoms with van der Waals surface area (Å²) in [6, 6.07) is 3.95. The van der Waals surface area contributed by atoms with Gasteiger partial charge in [0, 0.05) is 38.7 Å². The van der Waals surface area contributed by atoms with Gasteiger partial charge < -0.3 is 23.3 Å². The zero-order valence-electron chi connectivity index (χ0n) is 15.9. The first kappa shape index (κ1) is 20.6. The Bertz CT molecular complexity index is 596. The fourth-order valence-electron chi connectivity index (χ4n) is 2.53. The first-order valence-corrected chi connectivity index (χ1v) is 9.29. The van der Waals surface area contributed by atoms with Crippen LogP contribution in [0.4, 0.5) is 0 Å². The average Bonchev–Trinajstić information content (AvgIpc) is 3.26. The summed E-state index contributed by atoms with van der Waals surface area (Å²) in [6.45, 7) is 5.06. The highest BCUT2D eigenvalue weighted by atomic mass is 16.5. The maximum atomic E-state index is 5.57. The summed E-state index contributed by atoms with van der Waals surface area (Å²) in [4.78, 5) is 0. The van der Waals surface area contributed by atoms with Gasteiger partial charge in [0.05, 0.1) is 37.8 Å². The fourth-order valence-corrected chi connectivity index (χ4v) is 2.53. The summed E-state index contributed by atoms with van der Waals surface area (Å²) >= 11 is 0. The molecule has 0 aliphatic heterocycles. The van der Waals surface area contributed by atoms with Gasteiger partial charge in [0.15, 0.2) is 0 Å². The lowest BCUT2D eigenvalue weighted by molar-refractivity contribution is 0.0482. The molecule has 0 N–H and O–H groups in total. The molecule has 2 heterocycles. The lowest BCUT2D eigenvalue weighted by Gasteiger charge is -2.04. The summed E-state index contributed by atoms with van der Waals surface area (Å²) in [5.74, 6) is 1.70. The van der Waals surface area contributed by atoms with Gasteiger partial charge in [-0.25, -0.2) is 0 Å². The van der Waals surface area contributed by atoms with E-state index in [0.29, 0.717) is 26.4 Å². The summed E-state index contributed by atoms with van der Waals surface area (Å²) in [5, 5.41) is 8.03. The molecule has 0 aliphatic carbocycles. The SMILES string of the molecule is COCCCCCc1cc(CCOCCOCCc2cc(C)on2)on1. The molecule has 0 saturated carbocycles. The molecule has 146 valence electrons. The van der Waals surface area contributed by atoms with Gasteiger partial charge in [-0.15, -0.1) is 0 Å². The van der Waals surface area contributed by atoms with Crippen molar-refractivity contribution in [2.24, 2.45) is 0 Å². The normalized spacial score (nSPS) is 11.3. The predicted molar refractivity (Wildman–Crippen MR) is 96.2 cm³/mol. The molecule has 0 bridgehead atoms. The molecule has 0 saturated heterocycles. The molecule has 2 aromatic heterocycles. The highest BCUT2D eigenvalue weighted by molar-refractivity contribution is 5.05. The Labute approximate surface area is 155 Å². The molecule has 2 rings (SSSR count). The second kappa shape index (κ2) is 12.6. The van der Waals surface area contributed by atoms with E-state index >= 15 is 0 Å². The van der Waals surface area contributed by atoms with Crippen molar-refractivity contribution in [3.63, 3.8) is 0 Å². The van der Waals surface area contributed by atoms with Gasteiger partial charge in [-0.3, -0.25) is 0 Å². The van der Waals surface area contributed by atoms with Crippen molar-refractivity contribution in [2.45, 2.75) is 45.4 Å². The number of methoxy groups -OCH3 is 1. The van der Waals surface area contributed by atoms with Crippen LogP contribution < -0.4 is 0 Å². The Morgan fingerprint density at radius 1 is 0.769 bits per heavy atom. The molecule has 26 heavy (non-hydrogen) atoms. The molecule has 0 fully saturated rings. The molecule has 0 aliphatic rings. The van der Waals surface area contributed by atoms with E-state index in [1.165, 1.54) is 0 Å². The molecular formula is C19H30N2O5. The van der Waals surface area contributed by atoms with Crippen molar-refractivity contribution in [2.75, 3.05) is 40.1 Å². The Morgan fingerprint density at radius 3 is 2.23 bits per heavy atom. The van der Waals surface area contributed by atoms with Crippen molar-refractivity contribution < 1.29 is 23.3 Å². The van der Waals surface area contributed by atoms with Gasteiger partial charge in [0.1, 0.15) is 11.5 Å². The Kier molecular flexibility index (Phi) is 10.0. The highest BCUT2D eigenvalue weighted by Gasteiger charge is 2.04. The van der Waals surface area contributed by atoms with E-state index in [4.69, 9.17) is 23.3 Å². The van der Waals surface area contributed by atoms with E-state index in [1.54, 1.807) is 7.11 Å². The molecule has 0 radical (unpaired) electrons. The molecule has 7 nitrogen and oxygen atoms in total. The number of hydrogen-bond acceptors (Lipinski definition) is 7. The van der Waals surface area contributed by atoms with Crippen LogP contribution >= 0.6 is 0 Å². The smallest absolute Gasteiger partial charge is 0.139 e. The molecule has 2 aromatic rings. The van der Waals surface area contributed by atoms with Crippen LogP contribution in [0.5, 0.6) is 0 Å². The number of aryl methyl sites for hydroxylation is 2. The van der Waals surface area contributed by atoms with Crippen LogP contribution in [-0.2, 0) is 33.5 Å². The zero-order valence-corrected chi connectivity index (χ0v) is 15.9. The number of ether oxygens (including phenoxy) is 3. The molecule has 0 unspecified atom stereocenters. The molecule has 7 heteroatoms. The van der Waals surface area contributed by atoms with Gasteiger partial charge in [-0.1, -0.05) is 16.7 Å². The number of hydrogen-bond donors (Lipinski definition) is 0. The van der Waals surface area contributed by atoms with Crippen LogP contribution in [0, 0.1) is 6.92 Å². The van der Waals surface area contributed by atoms with Crippen LogP contribution in [0.1, 0.15) is 42.2 Å². The van der Waals surface area contributed by atoms with Gasteiger partial charge in [0.25, 0.3) is 0 Å². The van der Waals surface area contributed by atoms with E-state index < -0.39 is 0 Å². The quantitative estimate of drug-likeness (QED) is 0.448. The molecule has 0 amide bonds. The van der Waals surface area contributed by atoms with Crippen molar-refractivity contribution in [1.29, 1.82) is 0 Å². The topological polar surface area (TPSA) is 79.8 Å². The molecular weight excluding hydrogens is 336 g/mol. The largest absolute Gasteiger partial charge is 0.385 e. The Balaban J connectivity index is 1.43. The van der Waals surface area contributed by atoms with E-state index in [9.17, 15) is 0 Å². The minimum absolute atomic E-state index is 0.568. The predicted octanol–water partition coefficient (Wildman–Crippen LogP) is 3.15. The number of aromatic nitrogens is 2. The number of rotatable bonds is 15. The van der Waals surface area contributed by atoms with Crippen LogP contribution in [-0.4, -0.2) is 50.5 Å². The first-order chi connectivity index (χ1) is 12.8. The average molecular weight is 366 g/mol. The second-order valence-corrected chi connectivity index (χ2v) is 6.24. The minimum Gasteiger partial charge on any atom is -0.385 e. The summed E-state index contributed by atoms with van der Waals surface area (Å²) in [6.07, 6.45) is 5.79. The Hall–Kier alpha value is -1.70. The summed E-state index contributed by atoms with van der Waals surface area (Å²) in [5.41, 5.74) is 1.94. The minimum atomic E-state index is 0.568. The van der Waals surface area contributed by atoms with E-state index in [-0.39, 0.29) is 0 Å². The molecule has 0 atom stereocenters. The molecule has 0 aromatic carbocycles. The Morgan fingerprint density at radius 2 is 1.50 bits per heavy atom. The third kappa shape index (κ3) is 8.60.